The predicted octanol–water partition coefficient (Wildman–Crippen LogP) is 3.36. The fraction of sp³-hybridized carbons (Fsp3) is 0.556. The molecule has 2 rings (SSSR count). The van der Waals surface area contributed by atoms with E-state index in [1.54, 1.807) is 0 Å². The molecule has 0 bridgehead atoms. The van der Waals surface area contributed by atoms with Crippen LogP contribution in [0.4, 0.5) is 0 Å². The molecule has 0 radical (unpaired) electrons. The second kappa shape index (κ2) is 7.61. The zero-order valence-electron chi connectivity index (χ0n) is 13.2. The van der Waals surface area contributed by atoms with Crippen molar-refractivity contribution in [1.82, 2.24) is 9.80 Å². The first-order chi connectivity index (χ1) is 9.67. The normalized spacial score (nSPS) is 20.8. The van der Waals surface area contributed by atoms with E-state index in [0.29, 0.717) is 0 Å². The number of likely N-dealkylation sites (tertiary alicyclic amines) is 1. The molecule has 0 saturated carbocycles. The van der Waals surface area contributed by atoms with Crippen molar-refractivity contribution in [2.45, 2.75) is 20.3 Å². The van der Waals surface area contributed by atoms with E-state index in [2.05, 4.69) is 67.1 Å². The predicted molar refractivity (Wildman–Crippen MR) is 87.8 cm³/mol. The molecular weight excluding hydrogens is 244 g/mol. The highest BCUT2D eigenvalue weighted by Crippen LogP contribution is 2.18. The molecule has 1 unspecified atom stereocenters. The van der Waals surface area contributed by atoms with Gasteiger partial charge in [-0.25, -0.2) is 0 Å². The SMILES string of the molecule is CCN(C)CC1CCN(CC(C)=Cc2ccccc2)C1. The summed E-state index contributed by atoms with van der Waals surface area (Å²) in [6.45, 7) is 10.5. The maximum absolute atomic E-state index is 2.60. The highest BCUT2D eigenvalue weighted by Gasteiger charge is 2.22. The number of benzene rings is 1. The van der Waals surface area contributed by atoms with Crippen molar-refractivity contribution in [2.24, 2.45) is 5.92 Å². The Morgan fingerprint density at radius 2 is 2.10 bits per heavy atom. The van der Waals surface area contributed by atoms with Gasteiger partial charge in [0.2, 0.25) is 0 Å². The van der Waals surface area contributed by atoms with E-state index in [0.717, 1.165) is 19.0 Å². The molecule has 110 valence electrons. The summed E-state index contributed by atoms with van der Waals surface area (Å²) in [6, 6.07) is 10.6. The van der Waals surface area contributed by atoms with Crippen molar-refractivity contribution in [3.63, 3.8) is 0 Å². The minimum absolute atomic E-state index is 0.851. The molecule has 1 heterocycles. The second-order valence-corrected chi connectivity index (χ2v) is 6.15. The summed E-state index contributed by atoms with van der Waals surface area (Å²) in [7, 11) is 2.23. The van der Waals surface area contributed by atoms with Crippen LogP contribution in [0.15, 0.2) is 35.9 Å². The van der Waals surface area contributed by atoms with Crippen molar-refractivity contribution in [2.75, 3.05) is 39.8 Å². The van der Waals surface area contributed by atoms with Crippen LogP contribution in [0.3, 0.4) is 0 Å². The third-order valence-electron chi connectivity index (χ3n) is 4.17. The molecule has 0 aliphatic carbocycles. The van der Waals surface area contributed by atoms with Gasteiger partial charge in [0.1, 0.15) is 0 Å². The van der Waals surface area contributed by atoms with Gasteiger partial charge < -0.3 is 4.90 Å². The first-order valence-corrected chi connectivity index (χ1v) is 7.80. The first kappa shape index (κ1) is 15.3. The van der Waals surface area contributed by atoms with E-state index in [-0.39, 0.29) is 0 Å². The number of hydrogen-bond acceptors (Lipinski definition) is 2. The largest absolute Gasteiger partial charge is 0.306 e. The van der Waals surface area contributed by atoms with Crippen molar-refractivity contribution in [3.8, 4) is 0 Å². The molecule has 0 aromatic heterocycles. The molecule has 1 aliphatic rings. The summed E-state index contributed by atoms with van der Waals surface area (Å²) in [6.07, 6.45) is 3.66. The van der Waals surface area contributed by atoms with Crippen LogP contribution in [0.25, 0.3) is 6.08 Å². The van der Waals surface area contributed by atoms with Crippen LogP contribution < -0.4 is 0 Å². The van der Waals surface area contributed by atoms with E-state index in [1.807, 2.05) is 0 Å². The zero-order chi connectivity index (χ0) is 14.4. The summed E-state index contributed by atoms with van der Waals surface area (Å²) in [5.41, 5.74) is 2.77. The molecule has 1 saturated heterocycles. The van der Waals surface area contributed by atoms with Gasteiger partial charge in [-0.1, -0.05) is 48.9 Å². The highest BCUT2D eigenvalue weighted by molar-refractivity contribution is 5.52. The van der Waals surface area contributed by atoms with Crippen LogP contribution in [0.2, 0.25) is 0 Å². The van der Waals surface area contributed by atoms with E-state index >= 15 is 0 Å². The quantitative estimate of drug-likeness (QED) is 0.783. The van der Waals surface area contributed by atoms with Crippen LogP contribution in [0.1, 0.15) is 25.8 Å². The summed E-state index contributed by atoms with van der Waals surface area (Å²) in [5, 5.41) is 0. The molecule has 2 heteroatoms. The molecule has 1 fully saturated rings. The molecule has 0 amide bonds. The van der Waals surface area contributed by atoms with Gasteiger partial charge in [-0.15, -0.1) is 0 Å². The highest BCUT2D eigenvalue weighted by atomic mass is 15.2. The van der Waals surface area contributed by atoms with Gasteiger partial charge in [-0.2, -0.15) is 0 Å². The van der Waals surface area contributed by atoms with Crippen LogP contribution in [-0.4, -0.2) is 49.6 Å². The molecule has 1 aliphatic heterocycles. The topological polar surface area (TPSA) is 6.48 Å². The van der Waals surface area contributed by atoms with Gasteiger partial charge in [-0.3, -0.25) is 4.90 Å². The van der Waals surface area contributed by atoms with Gasteiger partial charge in [-0.05, 0) is 45.0 Å². The van der Waals surface area contributed by atoms with Crippen LogP contribution in [0, 0.1) is 5.92 Å². The molecule has 20 heavy (non-hydrogen) atoms. The fourth-order valence-corrected chi connectivity index (χ4v) is 3.01. The van der Waals surface area contributed by atoms with Crippen molar-refractivity contribution < 1.29 is 0 Å². The molecular formula is C18H28N2. The Morgan fingerprint density at radius 1 is 1.35 bits per heavy atom. The van der Waals surface area contributed by atoms with Gasteiger partial charge >= 0.3 is 0 Å². The Morgan fingerprint density at radius 3 is 2.80 bits per heavy atom. The van der Waals surface area contributed by atoms with Crippen LogP contribution in [0.5, 0.6) is 0 Å². The molecule has 1 aromatic rings. The Bertz CT molecular complexity index is 424. The molecule has 1 aromatic carbocycles. The zero-order valence-corrected chi connectivity index (χ0v) is 13.2. The van der Waals surface area contributed by atoms with Gasteiger partial charge in [0.25, 0.3) is 0 Å². The lowest BCUT2D eigenvalue weighted by Gasteiger charge is -2.20. The standard InChI is InChI=1S/C18H28N2/c1-4-19(3)14-18-10-11-20(15-18)13-16(2)12-17-8-6-5-7-9-17/h5-9,12,18H,4,10-11,13-15H2,1-3H3. The third kappa shape index (κ3) is 4.77. The van der Waals surface area contributed by atoms with E-state index in [9.17, 15) is 0 Å². The number of nitrogens with zero attached hydrogens (tertiary/aromatic N) is 2. The molecule has 0 N–H and O–H groups in total. The van der Waals surface area contributed by atoms with Gasteiger partial charge in [0.15, 0.2) is 0 Å². The lowest BCUT2D eigenvalue weighted by atomic mass is 10.1. The third-order valence-corrected chi connectivity index (χ3v) is 4.17. The fourth-order valence-electron chi connectivity index (χ4n) is 3.01. The number of rotatable bonds is 6. The van der Waals surface area contributed by atoms with Crippen molar-refractivity contribution >= 4 is 6.08 Å². The Balaban J connectivity index is 1.81. The van der Waals surface area contributed by atoms with E-state index in [4.69, 9.17) is 0 Å². The van der Waals surface area contributed by atoms with Gasteiger partial charge in [0, 0.05) is 19.6 Å². The lowest BCUT2D eigenvalue weighted by Crippen LogP contribution is -2.28. The maximum atomic E-state index is 2.60. The summed E-state index contributed by atoms with van der Waals surface area (Å²) in [4.78, 5) is 5.03. The van der Waals surface area contributed by atoms with Crippen molar-refractivity contribution in [3.05, 3.63) is 41.5 Å². The average molecular weight is 272 g/mol. The van der Waals surface area contributed by atoms with E-state index < -0.39 is 0 Å². The maximum Gasteiger partial charge on any atom is 0.0193 e. The Kier molecular flexibility index (Phi) is 5.81. The minimum atomic E-state index is 0.851. The lowest BCUT2D eigenvalue weighted by molar-refractivity contribution is 0.278. The second-order valence-electron chi connectivity index (χ2n) is 6.15. The monoisotopic (exact) mass is 272 g/mol. The van der Waals surface area contributed by atoms with Gasteiger partial charge in [0.05, 0.1) is 0 Å². The molecule has 1 atom stereocenters. The van der Waals surface area contributed by atoms with Crippen LogP contribution >= 0.6 is 0 Å². The summed E-state index contributed by atoms with van der Waals surface area (Å²) in [5.74, 6) is 0.851. The average Bonchev–Trinajstić information content (AvgIpc) is 2.86. The van der Waals surface area contributed by atoms with E-state index in [1.165, 1.54) is 37.2 Å². The summed E-state index contributed by atoms with van der Waals surface area (Å²) < 4.78 is 0. The Labute approximate surface area is 124 Å². The smallest absolute Gasteiger partial charge is 0.0193 e. The van der Waals surface area contributed by atoms with Crippen LogP contribution in [-0.2, 0) is 0 Å². The number of hydrogen-bond donors (Lipinski definition) is 0. The molecule has 2 nitrogen and oxygen atoms in total. The Hall–Kier alpha value is -1.12. The molecule has 0 spiro atoms. The minimum Gasteiger partial charge on any atom is -0.306 e. The summed E-state index contributed by atoms with van der Waals surface area (Å²) >= 11 is 0. The van der Waals surface area contributed by atoms with Crippen molar-refractivity contribution in [1.29, 1.82) is 0 Å². The first-order valence-electron chi connectivity index (χ1n) is 7.80.